The summed E-state index contributed by atoms with van der Waals surface area (Å²) in [6.07, 6.45) is 5.83. The predicted molar refractivity (Wildman–Crippen MR) is 107 cm³/mol. The molecule has 2 heterocycles. The Bertz CT molecular complexity index is 961. The molecule has 0 radical (unpaired) electrons. The van der Waals surface area contributed by atoms with Crippen molar-refractivity contribution in [2.24, 2.45) is 5.73 Å². The lowest BCUT2D eigenvalue weighted by Crippen LogP contribution is -2.39. The number of carboxylic acids is 1. The van der Waals surface area contributed by atoms with Crippen molar-refractivity contribution in [3.63, 3.8) is 0 Å². The number of pyridine rings is 1. The highest BCUT2D eigenvalue weighted by Gasteiger charge is 2.16. The van der Waals surface area contributed by atoms with E-state index in [1.807, 2.05) is 24.5 Å². The van der Waals surface area contributed by atoms with Gasteiger partial charge in [0.15, 0.2) is 0 Å². The first kappa shape index (κ1) is 17.6. The second-order valence-corrected chi connectivity index (χ2v) is 7.24. The standard InChI is InChI=1S/C22H23N3O2/c23-19-7-9-25(10-8-19)14-15-1-2-18-12-24-13-21(20(18)11-15)16-3-5-17(6-4-16)22(26)27/h1-6,11-13,19H,7-10,14,23H2,(H,26,27). The van der Waals surface area contributed by atoms with Gasteiger partial charge >= 0.3 is 5.97 Å². The third-order valence-corrected chi connectivity index (χ3v) is 5.31. The summed E-state index contributed by atoms with van der Waals surface area (Å²) in [5.41, 5.74) is 9.56. The van der Waals surface area contributed by atoms with Gasteiger partial charge in [0.05, 0.1) is 5.56 Å². The van der Waals surface area contributed by atoms with Crippen molar-refractivity contribution in [1.82, 2.24) is 9.88 Å². The lowest BCUT2D eigenvalue weighted by Gasteiger charge is -2.30. The van der Waals surface area contributed by atoms with E-state index in [9.17, 15) is 4.79 Å². The normalized spacial score (nSPS) is 15.9. The van der Waals surface area contributed by atoms with Crippen molar-refractivity contribution < 1.29 is 9.90 Å². The van der Waals surface area contributed by atoms with Crippen molar-refractivity contribution in [2.75, 3.05) is 13.1 Å². The number of aromatic nitrogens is 1. The average molecular weight is 361 g/mol. The Balaban J connectivity index is 1.66. The van der Waals surface area contributed by atoms with Crippen molar-refractivity contribution in [2.45, 2.75) is 25.4 Å². The minimum atomic E-state index is -0.916. The number of likely N-dealkylation sites (tertiary alicyclic amines) is 1. The average Bonchev–Trinajstić information content (AvgIpc) is 2.69. The number of piperidine rings is 1. The van der Waals surface area contributed by atoms with Crippen LogP contribution in [0.1, 0.15) is 28.8 Å². The van der Waals surface area contributed by atoms with Crippen molar-refractivity contribution >= 4 is 16.7 Å². The quantitative estimate of drug-likeness (QED) is 0.743. The summed E-state index contributed by atoms with van der Waals surface area (Å²) in [7, 11) is 0. The lowest BCUT2D eigenvalue weighted by atomic mass is 9.98. The van der Waals surface area contributed by atoms with Crippen LogP contribution in [0.25, 0.3) is 21.9 Å². The molecule has 0 atom stereocenters. The zero-order valence-electron chi connectivity index (χ0n) is 15.1. The molecule has 0 saturated carbocycles. The Kier molecular flexibility index (Phi) is 4.88. The SMILES string of the molecule is NC1CCN(Cc2ccc3cncc(-c4ccc(C(=O)O)cc4)c3c2)CC1. The van der Waals surface area contributed by atoms with E-state index in [4.69, 9.17) is 10.8 Å². The first-order valence-corrected chi connectivity index (χ1v) is 9.28. The second-order valence-electron chi connectivity index (χ2n) is 7.24. The van der Waals surface area contributed by atoms with Crippen molar-refractivity contribution in [3.8, 4) is 11.1 Å². The van der Waals surface area contributed by atoms with Gasteiger partial charge in [0.25, 0.3) is 0 Å². The van der Waals surface area contributed by atoms with E-state index in [2.05, 4.69) is 28.1 Å². The largest absolute Gasteiger partial charge is 0.478 e. The van der Waals surface area contributed by atoms with Gasteiger partial charge in [-0.25, -0.2) is 4.79 Å². The molecule has 3 N–H and O–H groups in total. The maximum absolute atomic E-state index is 11.1. The molecular weight excluding hydrogens is 338 g/mol. The predicted octanol–water partition coefficient (Wildman–Crippen LogP) is 3.52. The molecule has 1 aromatic heterocycles. The number of aromatic carboxylic acids is 1. The van der Waals surface area contributed by atoms with Crippen LogP contribution in [0.2, 0.25) is 0 Å². The molecular formula is C22H23N3O2. The van der Waals surface area contributed by atoms with Crippen LogP contribution in [-0.2, 0) is 6.54 Å². The van der Waals surface area contributed by atoms with E-state index in [1.165, 1.54) is 5.56 Å². The lowest BCUT2D eigenvalue weighted by molar-refractivity contribution is 0.0697. The van der Waals surface area contributed by atoms with E-state index in [0.717, 1.165) is 54.4 Å². The zero-order chi connectivity index (χ0) is 18.8. The first-order chi connectivity index (χ1) is 13.1. The van der Waals surface area contributed by atoms with Crippen LogP contribution in [0, 0.1) is 0 Å². The summed E-state index contributed by atoms with van der Waals surface area (Å²) >= 11 is 0. The van der Waals surface area contributed by atoms with Crippen LogP contribution in [0.5, 0.6) is 0 Å². The minimum Gasteiger partial charge on any atom is -0.478 e. The van der Waals surface area contributed by atoms with Gasteiger partial charge in [0.1, 0.15) is 0 Å². The molecule has 27 heavy (non-hydrogen) atoms. The van der Waals surface area contributed by atoms with Crippen LogP contribution in [0.3, 0.4) is 0 Å². The van der Waals surface area contributed by atoms with Gasteiger partial charge < -0.3 is 10.8 Å². The second kappa shape index (κ2) is 7.47. The highest BCUT2D eigenvalue weighted by Crippen LogP contribution is 2.29. The van der Waals surface area contributed by atoms with Gasteiger partial charge in [-0.2, -0.15) is 0 Å². The van der Waals surface area contributed by atoms with E-state index in [1.54, 1.807) is 12.1 Å². The number of carbonyl (C=O) groups is 1. The number of fused-ring (bicyclic) bond motifs is 1. The molecule has 1 aliphatic rings. The fourth-order valence-corrected chi connectivity index (χ4v) is 3.70. The maximum Gasteiger partial charge on any atom is 0.335 e. The summed E-state index contributed by atoms with van der Waals surface area (Å²) < 4.78 is 0. The number of benzene rings is 2. The molecule has 2 aromatic carbocycles. The van der Waals surface area contributed by atoms with Gasteiger partial charge in [0, 0.05) is 35.9 Å². The molecule has 3 aromatic rings. The van der Waals surface area contributed by atoms with Crippen LogP contribution >= 0.6 is 0 Å². The summed E-state index contributed by atoms with van der Waals surface area (Å²) in [4.78, 5) is 17.9. The molecule has 4 rings (SSSR count). The Morgan fingerprint density at radius 1 is 1.11 bits per heavy atom. The molecule has 1 aliphatic heterocycles. The minimum absolute atomic E-state index is 0.288. The Morgan fingerprint density at radius 2 is 1.85 bits per heavy atom. The summed E-state index contributed by atoms with van der Waals surface area (Å²) in [5.74, 6) is -0.916. The fourth-order valence-electron chi connectivity index (χ4n) is 3.70. The summed E-state index contributed by atoms with van der Waals surface area (Å²) in [6, 6.07) is 13.8. The number of rotatable bonds is 4. The van der Waals surface area contributed by atoms with E-state index >= 15 is 0 Å². The molecule has 0 bridgehead atoms. The third-order valence-electron chi connectivity index (χ3n) is 5.31. The molecule has 0 aliphatic carbocycles. The molecule has 138 valence electrons. The molecule has 1 fully saturated rings. The molecule has 1 saturated heterocycles. The van der Waals surface area contributed by atoms with Gasteiger partial charge in [0.2, 0.25) is 0 Å². The van der Waals surface area contributed by atoms with E-state index in [-0.39, 0.29) is 5.56 Å². The number of carboxylic acid groups (broad SMARTS) is 1. The summed E-state index contributed by atoms with van der Waals surface area (Å²) in [6.45, 7) is 3.00. The number of hydrogen-bond acceptors (Lipinski definition) is 4. The molecule has 0 unspecified atom stereocenters. The van der Waals surface area contributed by atoms with E-state index < -0.39 is 5.97 Å². The zero-order valence-corrected chi connectivity index (χ0v) is 15.1. The Labute approximate surface area is 158 Å². The molecule has 5 heteroatoms. The molecule has 0 spiro atoms. The van der Waals surface area contributed by atoms with Gasteiger partial charge in [-0.3, -0.25) is 9.88 Å². The summed E-state index contributed by atoms with van der Waals surface area (Å²) in [5, 5.41) is 11.3. The third kappa shape index (κ3) is 3.84. The fraction of sp³-hybridized carbons (Fsp3) is 0.273. The van der Waals surface area contributed by atoms with E-state index in [0.29, 0.717) is 6.04 Å². The Hall–Kier alpha value is -2.76. The van der Waals surface area contributed by atoms with Crippen LogP contribution in [0.15, 0.2) is 54.9 Å². The monoisotopic (exact) mass is 361 g/mol. The van der Waals surface area contributed by atoms with Gasteiger partial charge in [-0.15, -0.1) is 0 Å². The topological polar surface area (TPSA) is 79.5 Å². The molecule has 0 amide bonds. The van der Waals surface area contributed by atoms with Crippen LogP contribution in [0.4, 0.5) is 0 Å². The molecule has 5 nitrogen and oxygen atoms in total. The maximum atomic E-state index is 11.1. The van der Waals surface area contributed by atoms with Gasteiger partial charge in [-0.05, 0) is 60.6 Å². The highest BCUT2D eigenvalue weighted by atomic mass is 16.4. The van der Waals surface area contributed by atoms with Crippen LogP contribution < -0.4 is 5.73 Å². The van der Waals surface area contributed by atoms with Crippen molar-refractivity contribution in [3.05, 3.63) is 66.0 Å². The van der Waals surface area contributed by atoms with Gasteiger partial charge in [-0.1, -0.05) is 24.3 Å². The first-order valence-electron chi connectivity index (χ1n) is 9.28. The number of nitrogens with zero attached hydrogens (tertiary/aromatic N) is 2. The Morgan fingerprint density at radius 3 is 2.56 bits per heavy atom. The number of nitrogens with two attached hydrogens (primary N) is 1. The van der Waals surface area contributed by atoms with Crippen molar-refractivity contribution in [1.29, 1.82) is 0 Å². The smallest absolute Gasteiger partial charge is 0.335 e. The number of hydrogen-bond donors (Lipinski definition) is 2. The van der Waals surface area contributed by atoms with Crippen LogP contribution in [-0.4, -0.2) is 40.1 Å². The highest BCUT2D eigenvalue weighted by molar-refractivity contribution is 5.97.